The monoisotopic (exact) mass is 742 g/mol. The second-order valence-corrected chi connectivity index (χ2v) is 14.8. The van der Waals surface area contributed by atoms with Crippen molar-refractivity contribution in [1.29, 1.82) is 0 Å². The van der Waals surface area contributed by atoms with Crippen molar-refractivity contribution in [3.63, 3.8) is 0 Å². The van der Waals surface area contributed by atoms with Crippen LogP contribution in [0.5, 0.6) is 0 Å². The van der Waals surface area contributed by atoms with Gasteiger partial charge in [-0.05, 0) is 83.5 Å². The van der Waals surface area contributed by atoms with Crippen molar-refractivity contribution >= 4 is 17.8 Å². The van der Waals surface area contributed by atoms with Crippen molar-refractivity contribution < 1.29 is 24.2 Å². The lowest BCUT2D eigenvalue weighted by Crippen LogP contribution is -2.50. The maximum atomic E-state index is 13.0. The number of β-amino-alcohol motifs (C(OH)–C–C–N with tert-alkyl or cyclic N) is 1. The first-order chi connectivity index (χ1) is 26.0. The molecule has 1 heterocycles. The molecule has 0 aromatic carbocycles. The van der Waals surface area contributed by atoms with Gasteiger partial charge in [0.15, 0.2) is 0 Å². The molecule has 0 aromatic heterocycles. The number of rotatable bonds is 35. The van der Waals surface area contributed by atoms with Gasteiger partial charge < -0.3 is 20.5 Å². The standard InChI is InChI=1S/C45H79N3O5/c1-3-5-7-9-11-13-15-17-19-21-23-25-27-29-31-33-37-53-45(52)42(38-46-44(51)40-48-36-35-41(49)39-48)47-43(50)34-32-30-28-26-24-22-20-18-16-14-12-10-8-6-4-2/h11-14,17-20,41-42,49H,3-10,15-16,21-40H2,1-2H3,(H,46,51)(H,47,50)/b13-11-,14-12-,19-17-,20-18-/t41-,42-/m0/s1. The molecule has 0 radical (unpaired) electrons. The van der Waals surface area contributed by atoms with Gasteiger partial charge in [-0.15, -0.1) is 0 Å². The van der Waals surface area contributed by atoms with Gasteiger partial charge in [0.2, 0.25) is 11.8 Å². The zero-order chi connectivity index (χ0) is 38.5. The van der Waals surface area contributed by atoms with Gasteiger partial charge in [-0.3, -0.25) is 14.5 Å². The maximum Gasteiger partial charge on any atom is 0.330 e. The Hall–Kier alpha value is -2.71. The minimum atomic E-state index is -0.918. The van der Waals surface area contributed by atoms with Crippen molar-refractivity contribution in [3.8, 4) is 0 Å². The lowest BCUT2D eigenvalue weighted by Gasteiger charge is -2.20. The third-order valence-electron chi connectivity index (χ3n) is 9.68. The van der Waals surface area contributed by atoms with E-state index in [-0.39, 0.29) is 24.9 Å². The van der Waals surface area contributed by atoms with Gasteiger partial charge in [0.05, 0.1) is 19.3 Å². The number of allylic oxidation sites excluding steroid dienone is 8. The van der Waals surface area contributed by atoms with Crippen LogP contribution in [0.1, 0.15) is 174 Å². The number of ether oxygens (including phenoxy) is 1. The number of unbranched alkanes of at least 4 members (excludes halogenated alkanes) is 17. The molecule has 0 unspecified atom stereocenters. The fraction of sp³-hybridized carbons (Fsp3) is 0.756. The van der Waals surface area contributed by atoms with Gasteiger partial charge in [-0.25, -0.2) is 4.79 Å². The number of esters is 1. The van der Waals surface area contributed by atoms with Crippen molar-refractivity contribution in [2.45, 2.75) is 187 Å². The van der Waals surface area contributed by atoms with Crippen LogP contribution in [0.4, 0.5) is 0 Å². The summed E-state index contributed by atoms with van der Waals surface area (Å²) in [5.74, 6) is -0.925. The summed E-state index contributed by atoms with van der Waals surface area (Å²) < 4.78 is 5.56. The Morgan fingerprint density at radius 2 is 1.15 bits per heavy atom. The molecule has 8 heteroatoms. The Morgan fingerprint density at radius 3 is 1.66 bits per heavy atom. The first kappa shape index (κ1) is 48.3. The molecule has 304 valence electrons. The molecule has 0 saturated carbocycles. The van der Waals surface area contributed by atoms with E-state index >= 15 is 0 Å². The van der Waals surface area contributed by atoms with E-state index < -0.39 is 18.1 Å². The van der Waals surface area contributed by atoms with Gasteiger partial charge in [0.25, 0.3) is 0 Å². The van der Waals surface area contributed by atoms with E-state index in [0.29, 0.717) is 32.5 Å². The van der Waals surface area contributed by atoms with Crippen molar-refractivity contribution in [3.05, 3.63) is 48.6 Å². The van der Waals surface area contributed by atoms with E-state index in [1.54, 1.807) is 0 Å². The maximum absolute atomic E-state index is 13.0. The molecular formula is C45H79N3O5. The smallest absolute Gasteiger partial charge is 0.330 e. The van der Waals surface area contributed by atoms with E-state index in [2.05, 4.69) is 73.1 Å². The van der Waals surface area contributed by atoms with Crippen LogP contribution in [0.2, 0.25) is 0 Å². The molecular weight excluding hydrogens is 663 g/mol. The third kappa shape index (κ3) is 31.4. The molecule has 1 aliphatic rings. The Labute approximate surface area is 324 Å². The average molecular weight is 742 g/mol. The topological polar surface area (TPSA) is 108 Å². The van der Waals surface area contributed by atoms with E-state index in [1.807, 2.05) is 4.90 Å². The Morgan fingerprint density at radius 1 is 0.660 bits per heavy atom. The lowest BCUT2D eigenvalue weighted by molar-refractivity contribution is -0.148. The summed E-state index contributed by atoms with van der Waals surface area (Å²) in [6.07, 6.45) is 44.8. The van der Waals surface area contributed by atoms with Gasteiger partial charge in [0, 0.05) is 26.1 Å². The van der Waals surface area contributed by atoms with Crippen molar-refractivity contribution in [2.24, 2.45) is 0 Å². The number of aliphatic hydroxyl groups excluding tert-OH is 1. The summed E-state index contributed by atoms with van der Waals surface area (Å²) in [5, 5.41) is 15.4. The fourth-order valence-electron chi connectivity index (χ4n) is 6.35. The quantitative estimate of drug-likeness (QED) is 0.0339. The zero-order valence-electron chi connectivity index (χ0n) is 34.0. The number of likely N-dealkylation sites (tertiary alicyclic amines) is 1. The van der Waals surface area contributed by atoms with Crippen LogP contribution in [-0.4, -0.2) is 72.7 Å². The number of amides is 2. The molecule has 1 aliphatic heterocycles. The van der Waals surface area contributed by atoms with Gasteiger partial charge >= 0.3 is 5.97 Å². The molecule has 2 amide bonds. The summed E-state index contributed by atoms with van der Waals surface area (Å²) in [4.78, 5) is 40.2. The Bertz CT molecular complexity index is 1020. The second-order valence-electron chi connectivity index (χ2n) is 14.8. The largest absolute Gasteiger partial charge is 0.464 e. The number of carbonyl (C=O) groups excluding carboxylic acids is 3. The van der Waals surface area contributed by atoms with E-state index in [1.165, 1.54) is 70.6 Å². The minimum Gasteiger partial charge on any atom is -0.464 e. The molecule has 53 heavy (non-hydrogen) atoms. The number of nitrogens with one attached hydrogen (secondary N) is 2. The highest BCUT2D eigenvalue weighted by Gasteiger charge is 2.25. The molecule has 0 spiro atoms. The highest BCUT2D eigenvalue weighted by Crippen LogP contribution is 2.11. The molecule has 0 bridgehead atoms. The Kier molecular flexibility index (Phi) is 33.1. The third-order valence-corrected chi connectivity index (χ3v) is 9.68. The molecule has 1 saturated heterocycles. The number of hydrogen-bond acceptors (Lipinski definition) is 6. The van der Waals surface area contributed by atoms with Crippen LogP contribution in [0.3, 0.4) is 0 Å². The van der Waals surface area contributed by atoms with Crippen LogP contribution in [0.25, 0.3) is 0 Å². The van der Waals surface area contributed by atoms with Crippen LogP contribution in [0, 0.1) is 0 Å². The number of carbonyl (C=O) groups is 3. The minimum absolute atomic E-state index is 0.00828. The van der Waals surface area contributed by atoms with Gasteiger partial charge in [0.1, 0.15) is 6.04 Å². The summed E-state index contributed by atoms with van der Waals surface area (Å²) in [6.45, 7) is 6.06. The fourth-order valence-corrected chi connectivity index (χ4v) is 6.35. The number of hydrogen-bond donors (Lipinski definition) is 3. The first-order valence-electron chi connectivity index (χ1n) is 21.7. The SMILES string of the molecule is CCCCC/C=C\C/C=C\CCCCCCCCOC(=O)[C@H](CNC(=O)CN1CC[C@H](O)C1)NC(=O)CCCCCCC/C=C\C/C=C\CCCCC. The summed E-state index contributed by atoms with van der Waals surface area (Å²) in [5.41, 5.74) is 0. The van der Waals surface area contributed by atoms with Gasteiger partial charge in [-0.2, -0.15) is 0 Å². The van der Waals surface area contributed by atoms with Crippen LogP contribution < -0.4 is 10.6 Å². The predicted molar refractivity (Wildman–Crippen MR) is 222 cm³/mol. The molecule has 1 fully saturated rings. The molecule has 0 aromatic rings. The summed E-state index contributed by atoms with van der Waals surface area (Å²) in [7, 11) is 0. The predicted octanol–water partition coefficient (Wildman–Crippen LogP) is 9.82. The second kappa shape index (κ2) is 36.3. The van der Waals surface area contributed by atoms with Crippen LogP contribution in [0.15, 0.2) is 48.6 Å². The first-order valence-corrected chi connectivity index (χ1v) is 21.7. The van der Waals surface area contributed by atoms with Crippen LogP contribution in [-0.2, 0) is 19.1 Å². The summed E-state index contributed by atoms with van der Waals surface area (Å²) >= 11 is 0. The van der Waals surface area contributed by atoms with E-state index in [4.69, 9.17) is 4.74 Å². The van der Waals surface area contributed by atoms with Crippen molar-refractivity contribution in [1.82, 2.24) is 15.5 Å². The van der Waals surface area contributed by atoms with Crippen LogP contribution >= 0.6 is 0 Å². The average Bonchev–Trinajstić information content (AvgIpc) is 3.56. The zero-order valence-corrected chi connectivity index (χ0v) is 34.0. The molecule has 3 N–H and O–H groups in total. The molecule has 1 rings (SSSR count). The van der Waals surface area contributed by atoms with E-state index in [0.717, 1.165) is 77.0 Å². The highest BCUT2D eigenvalue weighted by atomic mass is 16.5. The summed E-state index contributed by atoms with van der Waals surface area (Å²) in [6, 6.07) is -0.918. The normalized spacial score (nSPS) is 15.7. The molecule has 0 aliphatic carbocycles. The van der Waals surface area contributed by atoms with Crippen molar-refractivity contribution in [2.75, 3.05) is 32.8 Å². The highest BCUT2D eigenvalue weighted by molar-refractivity contribution is 5.85. The lowest BCUT2D eigenvalue weighted by atomic mass is 10.1. The molecule has 8 nitrogen and oxygen atoms in total. The number of aliphatic hydroxyl groups is 1. The number of nitrogens with zero attached hydrogens (tertiary/aromatic N) is 1. The Balaban J connectivity index is 2.27. The molecule has 2 atom stereocenters. The van der Waals surface area contributed by atoms with Gasteiger partial charge in [-0.1, -0.05) is 133 Å². The van der Waals surface area contributed by atoms with E-state index in [9.17, 15) is 19.5 Å².